The smallest absolute Gasteiger partial charge is 0.121 e. The Morgan fingerprint density at radius 3 is 2.08 bits per heavy atom. The molecule has 0 aromatic carbocycles. The van der Waals surface area contributed by atoms with Crippen molar-refractivity contribution in [3.63, 3.8) is 0 Å². The van der Waals surface area contributed by atoms with Gasteiger partial charge in [0, 0.05) is 0 Å². The van der Waals surface area contributed by atoms with Gasteiger partial charge in [0.15, 0.2) is 0 Å². The normalized spacial score (nSPS) is 11.4. The van der Waals surface area contributed by atoms with Crippen LogP contribution in [0.4, 0.5) is 0 Å². The summed E-state index contributed by atoms with van der Waals surface area (Å²) in [6.07, 6.45) is 5.63. The number of allylic oxidation sites excluding steroid dienone is 4. The van der Waals surface area contributed by atoms with E-state index in [9.17, 15) is 0 Å². The minimum absolute atomic E-state index is 0.873. The van der Waals surface area contributed by atoms with E-state index in [0.717, 1.165) is 11.3 Å². The van der Waals surface area contributed by atoms with Crippen molar-refractivity contribution in [2.75, 3.05) is 7.11 Å². The van der Waals surface area contributed by atoms with Crippen molar-refractivity contribution in [1.29, 1.82) is 0 Å². The molecule has 0 radical (unpaired) electrons. The summed E-state index contributed by atoms with van der Waals surface area (Å²) >= 11 is 0. The molecule has 0 atom stereocenters. The summed E-state index contributed by atoms with van der Waals surface area (Å²) in [4.78, 5) is 0. The van der Waals surface area contributed by atoms with E-state index in [0.29, 0.717) is 0 Å². The van der Waals surface area contributed by atoms with Gasteiger partial charge in [-0.3, -0.25) is 0 Å². The molecule has 0 amide bonds. The second-order valence-electron chi connectivity index (χ2n) is 1.96. The van der Waals surface area contributed by atoms with Crippen LogP contribution in [0.3, 0.4) is 0 Å². The number of hydrogen-bond donors (Lipinski definition) is 0. The standard InChI is InChI=1S/C9H14O.C2H6/c1-5-7-9(10-4)8(3)6-2;1-2/h5-7H,2H2,1,3-4H3;1-2H3/b7-5-,9-8+;. The first-order valence-electron chi connectivity index (χ1n) is 4.26. The molecule has 0 aliphatic heterocycles. The van der Waals surface area contributed by atoms with Crippen LogP contribution in [0.1, 0.15) is 27.7 Å². The van der Waals surface area contributed by atoms with E-state index in [-0.39, 0.29) is 0 Å². The minimum Gasteiger partial charge on any atom is -0.497 e. The van der Waals surface area contributed by atoms with Crippen LogP contribution in [0.15, 0.2) is 36.1 Å². The van der Waals surface area contributed by atoms with E-state index in [4.69, 9.17) is 4.74 Å². The Balaban J connectivity index is 0. The molecule has 0 bridgehead atoms. The average molecular weight is 168 g/mol. The van der Waals surface area contributed by atoms with Gasteiger partial charge in [-0.25, -0.2) is 0 Å². The lowest BCUT2D eigenvalue weighted by Gasteiger charge is -2.01. The molecule has 70 valence electrons. The molecule has 0 aliphatic rings. The maximum absolute atomic E-state index is 5.06. The zero-order valence-corrected chi connectivity index (χ0v) is 8.85. The van der Waals surface area contributed by atoms with Gasteiger partial charge in [-0.05, 0) is 25.5 Å². The molecule has 0 saturated heterocycles. The summed E-state index contributed by atoms with van der Waals surface area (Å²) in [6.45, 7) is 11.6. The van der Waals surface area contributed by atoms with Crippen LogP contribution < -0.4 is 0 Å². The Bertz CT molecular complexity index is 164. The lowest BCUT2D eigenvalue weighted by molar-refractivity contribution is 0.303. The maximum Gasteiger partial charge on any atom is 0.121 e. The third-order valence-electron chi connectivity index (χ3n) is 1.23. The Labute approximate surface area is 76.4 Å². The Morgan fingerprint density at radius 1 is 1.33 bits per heavy atom. The number of methoxy groups -OCH3 is 1. The Morgan fingerprint density at radius 2 is 1.83 bits per heavy atom. The lowest BCUT2D eigenvalue weighted by atomic mass is 10.2. The van der Waals surface area contributed by atoms with Crippen LogP contribution in [0.2, 0.25) is 0 Å². The van der Waals surface area contributed by atoms with Crippen molar-refractivity contribution in [3.05, 3.63) is 36.1 Å². The van der Waals surface area contributed by atoms with Gasteiger partial charge in [-0.2, -0.15) is 0 Å². The van der Waals surface area contributed by atoms with E-state index < -0.39 is 0 Å². The maximum atomic E-state index is 5.06. The molecule has 0 rings (SSSR count). The van der Waals surface area contributed by atoms with E-state index >= 15 is 0 Å². The van der Waals surface area contributed by atoms with Crippen molar-refractivity contribution in [2.45, 2.75) is 27.7 Å². The van der Waals surface area contributed by atoms with Crippen LogP contribution >= 0.6 is 0 Å². The van der Waals surface area contributed by atoms with Crippen molar-refractivity contribution >= 4 is 0 Å². The molecular weight excluding hydrogens is 148 g/mol. The number of hydrogen-bond acceptors (Lipinski definition) is 1. The summed E-state index contributed by atoms with van der Waals surface area (Å²) in [6, 6.07) is 0. The summed E-state index contributed by atoms with van der Waals surface area (Å²) in [5, 5.41) is 0. The Hall–Kier alpha value is -0.980. The summed E-state index contributed by atoms with van der Waals surface area (Å²) in [5.74, 6) is 0.873. The van der Waals surface area contributed by atoms with Crippen LogP contribution in [0.25, 0.3) is 0 Å². The predicted molar refractivity (Wildman–Crippen MR) is 56.1 cm³/mol. The highest BCUT2D eigenvalue weighted by atomic mass is 16.5. The van der Waals surface area contributed by atoms with Gasteiger partial charge in [0.2, 0.25) is 0 Å². The molecule has 12 heavy (non-hydrogen) atoms. The minimum atomic E-state index is 0.873. The molecule has 0 unspecified atom stereocenters. The Kier molecular flexibility index (Phi) is 11.4. The third kappa shape index (κ3) is 5.78. The first kappa shape index (κ1) is 13.6. The van der Waals surface area contributed by atoms with E-state index in [1.807, 2.05) is 39.8 Å². The lowest BCUT2D eigenvalue weighted by Crippen LogP contribution is -1.84. The quantitative estimate of drug-likeness (QED) is 0.461. The fourth-order valence-electron chi connectivity index (χ4n) is 0.612. The zero-order chi connectivity index (χ0) is 9.98. The molecule has 0 spiro atoms. The van der Waals surface area contributed by atoms with E-state index in [1.54, 1.807) is 13.2 Å². The summed E-state index contributed by atoms with van der Waals surface area (Å²) < 4.78 is 5.06. The van der Waals surface area contributed by atoms with Crippen molar-refractivity contribution < 1.29 is 4.74 Å². The van der Waals surface area contributed by atoms with Gasteiger partial charge in [0.1, 0.15) is 5.76 Å². The summed E-state index contributed by atoms with van der Waals surface area (Å²) in [5.41, 5.74) is 1.06. The molecule has 0 aromatic heterocycles. The molecule has 0 N–H and O–H groups in total. The largest absolute Gasteiger partial charge is 0.497 e. The molecule has 1 nitrogen and oxygen atoms in total. The van der Waals surface area contributed by atoms with E-state index in [1.165, 1.54) is 0 Å². The highest BCUT2D eigenvalue weighted by molar-refractivity contribution is 5.25. The highest BCUT2D eigenvalue weighted by Crippen LogP contribution is 2.06. The average Bonchev–Trinajstić information content (AvgIpc) is 2.16. The van der Waals surface area contributed by atoms with Gasteiger partial charge in [0.05, 0.1) is 7.11 Å². The second kappa shape index (κ2) is 10.0. The fourth-order valence-corrected chi connectivity index (χ4v) is 0.612. The first-order chi connectivity index (χ1) is 5.76. The van der Waals surface area contributed by atoms with Crippen molar-refractivity contribution in [1.82, 2.24) is 0 Å². The fraction of sp³-hybridized carbons (Fsp3) is 0.455. The zero-order valence-electron chi connectivity index (χ0n) is 8.85. The molecule has 1 heteroatoms. The van der Waals surface area contributed by atoms with Crippen LogP contribution in [-0.2, 0) is 4.74 Å². The van der Waals surface area contributed by atoms with Gasteiger partial charge >= 0.3 is 0 Å². The number of ether oxygens (including phenoxy) is 1. The van der Waals surface area contributed by atoms with Gasteiger partial charge < -0.3 is 4.74 Å². The third-order valence-corrected chi connectivity index (χ3v) is 1.23. The van der Waals surface area contributed by atoms with Crippen LogP contribution in [0, 0.1) is 0 Å². The van der Waals surface area contributed by atoms with E-state index in [2.05, 4.69) is 6.58 Å². The molecular formula is C11H20O. The monoisotopic (exact) mass is 168 g/mol. The van der Waals surface area contributed by atoms with Crippen molar-refractivity contribution in [3.8, 4) is 0 Å². The molecule has 0 aliphatic carbocycles. The molecule has 0 heterocycles. The predicted octanol–water partition coefficient (Wildman–Crippen LogP) is 3.70. The molecule has 0 saturated carbocycles. The first-order valence-corrected chi connectivity index (χ1v) is 4.26. The summed E-state index contributed by atoms with van der Waals surface area (Å²) in [7, 11) is 1.66. The second-order valence-corrected chi connectivity index (χ2v) is 1.96. The number of rotatable bonds is 3. The van der Waals surface area contributed by atoms with Gasteiger partial charge in [-0.15, -0.1) is 0 Å². The molecule has 0 fully saturated rings. The van der Waals surface area contributed by atoms with Crippen molar-refractivity contribution in [2.24, 2.45) is 0 Å². The highest BCUT2D eigenvalue weighted by Gasteiger charge is 1.91. The van der Waals surface area contributed by atoms with Crippen LogP contribution in [0.5, 0.6) is 0 Å². The molecule has 0 aromatic rings. The topological polar surface area (TPSA) is 9.23 Å². The van der Waals surface area contributed by atoms with Gasteiger partial charge in [0.25, 0.3) is 0 Å². The van der Waals surface area contributed by atoms with Crippen LogP contribution in [-0.4, -0.2) is 7.11 Å². The van der Waals surface area contributed by atoms with Gasteiger partial charge in [-0.1, -0.05) is 32.6 Å². The SMILES string of the molecule is C=C/C(C)=C(\C=C/C)OC.CC.